The van der Waals surface area contributed by atoms with E-state index >= 15 is 0 Å². The van der Waals surface area contributed by atoms with Crippen LogP contribution in [-0.2, 0) is 6.42 Å². The lowest BCUT2D eigenvalue weighted by atomic mass is 10.1. The monoisotopic (exact) mass is 375 g/mol. The maximum atomic E-state index is 13.3. The predicted octanol–water partition coefficient (Wildman–Crippen LogP) is 4.06. The molecule has 0 radical (unpaired) electrons. The number of benzene rings is 2. The van der Waals surface area contributed by atoms with E-state index in [1.165, 1.54) is 30.5 Å². The van der Waals surface area contributed by atoms with Gasteiger partial charge in [0.15, 0.2) is 0 Å². The molecular formula is C22H18FN3O2. The molecule has 5 nitrogen and oxygen atoms in total. The molecule has 1 aliphatic rings. The van der Waals surface area contributed by atoms with Gasteiger partial charge in [0.2, 0.25) is 0 Å². The Balaban J connectivity index is 1.58. The van der Waals surface area contributed by atoms with Gasteiger partial charge in [-0.05, 0) is 55.3 Å². The van der Waals surface area contributed by atoms with Crippen molar-refractivity contribution in [3.05, 3.63) is 89.5 Å². The smallest absolute Gasteiger partial charge is 0.274 e. The normalized spacial score (nSPS) is 15.2. The van der Waals surface area contributed by atoms with Crippen LogP contribution in [-0.4, -0.2) is 22.8 Å². The summed E-state index contributed by atoms with van der Waals surface area (Å²) < 4.78 is 13.3. The molecule has 2 heterocycles. The summed E-state index contributed by atoms with van der Waals surface area (Å²) in [5, 5.41) is 2.59. The number of hydrogen-bond acceptors (Lipinski definition) is 3. The van der Waals surface area contributed by atoms with Crippen molar-refractivity contribution in [1.82, 2.24) is 4.98 Å². The second kappa shape index (κ2) is 7.23. The highest BCUT2D eigenvalue weighted by molar-refractivity contribution is 6.10. The Morgan fingerprint density at radius 2 is 1.93 bits per heavy atom. The standard InChI is InChI=1S/C22H18FN3O2/c1-14-11-15-5-2-3-8-20(15)26(14)22(28)16-9-10-24-19(12-16)21(27)25-18-7-4-6-17(23)13-18/h2-10,12-14H,11H2,1H3,(H,25,27). The van der Waals surface area contributed by atoms with Gasteiger partial charge < -0.3 is 10.2 Å². The molecule has 28 heavy (non-hydrogen) atoms. The summed E-state index contributed by atoms with van der Waals surface area (Å²) in [6.45, 7) is 2.00. The van der Waals surface area contributed by atoms with Gasteiger partial charge in [-0.3, -0.25) is 14.6 Å². The van der Waals surface area contributed by atoms with Crippen molar-refractivity contribution in [2.24, 2.45) is 0 Å². The number of nitrogens with zero attached hydrogens (tertiary/aromatic N) is 2. The molecule has 6 heteroatoms. The fraction of sp³-hybridized carbons (Fsp3) is 0.136. The SMILES string of the molecule is CC1Cc2ccccc2N1C(=O)c1ccnc(C(=O)Nc2cccc(F)c2)c1. The molecule has 1 N–H and O–H groups in total. The van der Waals surface area contributed by atoms with Gasteiger partial charge in [0.05, 0.1) is 0 Å². The Labute approximate surface area is 161 Å². The molecule has 0 spiro atoms. The van der Waals surface area contributed by atoms with E-state index in [-0.39, 0.29) is 17.6 Å². The molecule has 1 atom stereocenters. The molecule has 2 aromatic carbocycles. The van der Waals surface area contributed by atoms with E-state index in [0.717, 1.165) is 17.7 Å². The van der Waals surface area contributed by atoms with E-state index in [1.54, 1.807) is 17.0 Å². The molecule has 0 saturated heterocycles. The first kappa shape index (κ1) is 17.9. The minimum atomic E-state index is -0.505. The summed E-state index contributed by atoms with van der Waals surface area (Å²) in [5.41, 5.74) is 2.81. The van der Waals surface area contributed by atoms with E-state index in [1.807, 2.05) is 31.2 Å². The second-order valence-corrected chi connectivity index (χ2v) is 6.75. The summed E-state index contributed by atoms with van der Waals surface area (Å²) in [7, 11) is 0. The van der Waals surface area contributed by atoms with E-state index in [4.69, 9.17) is 0 Å². The Bertz CT molecular complexity index is 1070. The number of rotatable bonds is 3. The van der Waals surface area contributed by atoms with Crippen LogP contribution >= 0.6 is 0 Å². The van der Waals surface area contributed by atoms with Gasteiger partial charge in [-0.1, -0.05) is 24.3 Å². The van der Waals surface area contributed by atoms with Crippen LogP contribution in [0.3, 0.4) is 0 Å². The molecule has 0 fully saturated rings. The number of carbonyl (C=O) groups excluding carboxylic acids is 2. The van der Waals surface area contributed by atoms with Crippen molar-refractivity contribution in [3.63, 3.8) is 0 Å². The largest absolute Gasteiger partial charge is 0.321 e. The minimum absolute atomic E-state index is 0.0302. The number of fused-ring (bicyclic) bond motifs is 1. The summed E-state index contributed by atoms with van der Waals surface area (Å²) in [6.07, 6.45) is 2.22. The molecule has 140 valence electrons. The molecule has 4 rings (SSSR count). The Morgan fingerprint density at radius 3 is 2.75 bits per heavy atom. The van der Waals surface area contributed by atoms with Crippen LogP contribution in [0.25, 0.3) is 0 Å². The molecule has 1 unspecified atom stereocenters. The third kappa shape index (κ3) is 3.36. The van der Waals surface area contributed by atoms with E-state index in [0.29, 0.717) is 11.3 Å². The van der Waals surface area contributed by atoms with E-state index in [9.17, 15) is 14.0 Å². The van der Waals surface area contributed by atoms with Gasteiger partial charge in [0.1, 0.15) is 11.5 Å². The topological polar surface area (TPSA) is 62.3 Å². The summed E-state index contributed by atoms with van der Waals surface area (Å²) in [5.74, 6) is -1.13. The number of carbonyl (C=O) groups is 2. The van der Waals surface area contributed by atoms with Gasteiger partial charge in [0.25, 0.3) is 11.8 Å². The third-order valence-corrected chi connectivity index (χ3v) is 4.75. The average Bonchev–Trinajstić information content (AvgIpc) is 3.03. The van der Waals surface area contributed by atoms with Crippen molar-refractivity contribution in [2.75, 3.05) is 10.2 Å². The third-order valence-electron chi connectivity index (χ3n) is 4.75. The molecule has 1 aliphatic heterocycles. The molecular weight excluding hydrogens is 357 g/mol. The van der Waals surface area contributed by atoms with Crippen molar-refractivity contribution < 1.29 is 14.0 Å². The van der Waals surface area contributed by atoms with Crippen LogP contribution in [0.5, 0.6) is 0 Å². The Kier molecular flexibility index (Phi) is 4.61. The summed E-state index contributed by atoms with van der Waals surface area (Å²) in [6, 6.07) is 16.5. The maximum Gasteiger partial charge on any atom is 0.274 e. The summed E-state index contributed by atoms with van der Waals surface area (Å²) >= 11 is 0. The molecule has 0 bridgehead atoms. The number of pyridine rings is 1. The molecule has 3 aromatic rings. The zero-order valence-electron chi connectivity index (χ0n) is 15.2. The predicted molar refractivity (Wildman–Crippen MR) is 105 cm³/mol. The number of anilines is 2. The highest BCUT2D eigenvalue weighted by atomic mass is 19.1. The maximum absolute atomic E-state index is 13.3. The van der Waals surface area contributed by atoms with Crippen molar-refractivity contribution in [1.29, 1.82) is 0 Å². The van der Waals surface area contributed by atoms with Crippen LogP contribution in [0.4, 0.5) is 15.8 Å². The zero-order valence-corrected chi connectivity index (χ0v) is 15.2. The quantitative estimate of drug-likeness (QED) is 0.751. The van der Waals surface area contributed by atoms with Gasteiger partial charge in [-0.15, -0.1) is 0 Å². The van der Waals surface area contributed by atoms with E-state index in [2.05, 4.69) is 10.3 Å². The van der Waals surface area contributed by atoms with Crippen LogP contribution in [0, 0.1) is 5.82 Å². The second-order valence-electron chi connectivity index (χ2n) is 6.75. The molecule has 0 saturated carbocycles. The van der Waals surface area contributed by atoms with Gasteiger partial charge >= 0.3 is 0 Å². The molecule has 2 amide bonds. The van der Waals surface area contributed by atoms with Crippen LogP contribution in [0.15, 0.2) is 66.9 Å². The van der Waals surface area contributed by atoms with Gasteiger partial charge in [-0.25, -0.2) is 4.39 Å². The zero-order chi connectivity index (χ0) is 19.7. The first-order valence-corrected chi connectivity index (χ1v) is 8.97. The number of para-hydroxylation sites is 1. The highest BCUT2D eigenvalue weighted by Crippen LogP contribution is 2.33. The molecule has 1 aromatic heterocycles. The number of halogens is 1. The fourth-order valence-electron chi connectivity index (χ4n) is 3.46. The average molecular weight is 375 g/mol. The number of amides is 2. The molecule has 0 aliphatic carbocycles. The van der Waals surface area contributed by atoms with Crippen molar-refractivity contribution in [2.45, 2.75) is 19.4 Å². The fourth-order valence-corrected chi connectivity index (χ4v) is 3.46. The minimum Gasteiger partial charge on any atom is -0.321 e. The Morgan fingerprint density at radius 1 is 1.11 bits per heavy atom. The lowest BCUT2D eigenvalue weighted by Gasteiger charge is -2.23. The van der Waals surface area contributed by atoms with Crippen LogP contribution < -0.4 is 10.2 Å². The first-order valence-electron chi connectivity index (χ1n) is 8.97. The van der Waals surface area contributed by atoms with Crippen molar-refractivity contribution in [3.8, 4) is 0 Å². The lowest BCUT2D eigenvalue weighted by Crippen LogP contribution is -2.35. The Hall–Kier alpha value is -3.54. The van der Waals surface area contributed by atoms with Gasteiger partial charge in [0, 0.05) is 29.2 Å². The lowest BCUT2D eigenvalue weighted by molar-refractivity contribution is 0.0981. The number of aromatic nitrogens is 1. The van der Waals surface area contributed by atoms with Crippen molar-refractivity contribution >= 4 is 23.2 Å². The van der Waals surface area contributed by atoms with Gasteiger partial charge in [-0.2, -0.15) is 0 Å². The van der Waals surface area contributed by atoms with E-state index < -0.39 is 11.7 Å². The summed E-state index contributed by atoms with van der Waals surface area (Å²) in [4.78, 5) is 31.4. The van der Waals surface area contributed by atoms with Crippen LogP contribution in [0.2, 0.25) is 0 Å². The number of nitrogens with one attached hydrogen (secondary N) is 1. The first-order chi connectivity index (χ1) is 13.5. The van der Waals surface area contributed by atoms with Crippen LogP contribution in [0.1, 0.15) is 33.3 Å². The number of hydrogen-bond donors (Lipinski definition) is 1. The highest BCUT2D eigenvalue weighted by Gasteiger charge is 2.31.